The van der Waals surface area contributed by atoms with Gasteiger partial charge >= 0.3 is 5.97 Å². The zero-order chi connectivity index (χ0) is 17.4. The summed E-state index contributed by atoms with van der Waals surface area (Å²) >= 11 is 5.97. The molecule has 3 rings (SSSR count). The van der Waals surface area contributed by atoms with Gasteiger partial charge in [-0.25, -0.2) is 9.78 Å². The molecule has 0 aliphatic carbocycles. The molecule has 0 aliphatic rings. The van der Waals surface area contributed by atoms with E-state index in [4.69, 9.17) is 16.3 Å². The first kappa shape index (κ1) is 15.8. The Balaban J connectivity index is 2.59. The summed E-state index contributed by atoms with van der Waals surface area (Å²) in [5.41, 5.74) is -0.653. The van der Waals surface area contributed by atoms with Crippen molar-refractivity contribution in [3.63, 3.8) is 0 Å². The van der Waals surface area contributed by atoms with Gasteiger partial charge in [0, 0.05) is 27.2 Å². The molecular formula is C16H9ClN2O5. The predicted molar refractivity (Wildman–Crippen MR) is 88.5 cm³/mol. The molecule has 0 saturated carbocycles. The number of aromatic nitrogens is 1. The van der Waals surface area contributed by atoms with Gasteiger partial charge in [0.25, 0.3) is 5.69 Å². The molecule has 8 heteroatoms. The number of methoxy groups -OCH3 is 1. The van der Waals surface area contributed by atoms with E-state index >= 15 is 0 Å². The van der Waals surface area contributed by atoms with E-state index in [1.165, 1.54) is 37.4 Å². The van der Waals surface area contributed by atoms with Crippen molar-refractivity contribution < 1.29 is 14.5 Å². The molecule has 0 amide bonds. The Labute approximate surface area is 139 Å². The van der Waals surface area contributed by atoms with Crippen molar-refractivity contribution in [1.29, 1.82) is 0 Å². The van der Waals surface area contributed by atoms with Crippen LogP contribution in [-0.2, 0) is 4.74 Å². The van der Waals surface area contributed by atoms with Gasteiger partial charge in [0.15, 0.2) is 0 Å². The van der Waals surface area contributed by atoms with Crippen LogP contribution in [0.1, 0.15) is 10.4 Å². The van der Waals surface area contributed by atoms with Crippen LogP contribution in [0.3, 0.4) is 0 Å². The number of carbonyl (C=O) groups excluding carboxylic acids is 1. The Bertz CT molecular complexity index is 1080. The maximum Gasteiger partial charge on any atom is 0.338 e. The first-order valence-corrected chi connectivity index (χ1v) is 7.09. The molecule has 0 unspecified atom stereocenters. The molecule has 0 fully saturated rings. The van der Waals surface area contributed by atoms with Gasteiger partial charge in [-0.3, -0.25) is 14.9 Å². The van der Waals surface area contributed by atoms with Crippen LogP contribution in [-0.4, -0.2) is 23.0 Å². The van der Waals surface area contributed by atoms with Gasteiger partial charge in [-0.1, -0.05) is 11.6 Å². The van der Waals surface area contributed by atoms with Gasteiger partial charge in [-0.05, 0) is 24.3 Å². The van der Waals surface area contributed by atoms with Crippen molar-refractivity contribution in [2.24, 2.45) is 0 Å². The zero-order valence-electron chi connectivity index (χ0n) is 12.3. The Morgan fingerprint density at radius 1 is 1.25 bits per heavy atom. The third kappa shape index (κ3) is 2.55. The summed E-state index contributed by atoms with van der Waals surface area (Å²) in [6.07, 6.45) is 1.00. The highest BCUT2D eigenvalue weighted by Gasteiger charge is 2.16. The molecule has 3 aromatic rings. The second-order valence-electron chi connectivity index (χ2n) is 4.96. The number of rotatable bonds is 2. The lowest BCUT2D eigenvalue weighted by atomic mass is 10.1. The van der Waals surface area contributed by atoms with Gasteiger partial charge in [0.2, 0.25) is 5.43 Å². The maximum atomic E-state index is 12.7. The quantitative estimate of drug-likeness (QED) is 0.402. The molecule has 0 saturated heterocycles. The van der Waals surface area contributed by atoms with Crippen molar-refractivity contribution in [3.05, 3.63) is 67.5 Å². The van der Waals surface area contributed by atoms with Crippen LogP contribution in [0.4, 0.5) is 5.69 Å². The minimum Gasteiger partial charge on any atom is -0.465 e. The number of nitro groups is 1. The molecule has 0 bridgehead atoms. The van der Waals surface area contributed by atoms with E-state index < -0.39 is 16.3 Å². The minimum atomic E-state index is -0.689. The first-order valence-electron chi connectivity index (χ1n) is 6.71. The number of ether oxygens (including phenoxy) is 1. The van der Waals surface area contributed by atoms with E-state index in [1.54, 1.807) is 0 Å². The van der Waals surface area contributed by atoms with Gasteiger partial charge < -0.3 is 4.74 Å². The third-order valence-electron chi connectivity index (χ3n) is 3.55. The predicted octanol–water partition coefficient (Wildman–Crippen LogP) is 3.10. The Morgan fingerprint density at radius 3 is 2.67 bits per heavy atom. The summed E-state index contributed by atoms with van der Waals surface area (Å²) in [6, 6.07) is 7.01. The fraction of sp³-hybridized carbons (Fsp3) is 0.0625. The van der Waals surface area contributed by atoms with Crippen LogP contribution in [0.15, 0.2) is 41.3 Å². The summed E-state index contributed by atoms with van der Waals surface area (Å²) < 4.78 is 4.75. The number of hydrogen-bond acceptors (Lipinski definition) is 6. The third-order valence-corrected chi connectivity index (χ3v) is 3.79. The lowest BCUT2D eigenvalue weighted by Gasteiger charge is -2.01. The Morgan fingerprint density at radius 2 is 2.00 bits per heavy atom. The molecule has 1 heterocycles. The fourth-order valence-corrected chi connectivity index (χ4v) is 2.62. The maximum absolute atomic E-state index is 12.7. The van der Waals surface area contributed by atoms with E-state index in [-0.39, 0.29) is 27.5 Å². The van der Waals surface area contributed by atoms with Crippen molar-refractivity contribution in [2.45, 2.75) is 0 Å². The van der Waals surface area contributed by atoms with Crippen molar-refractivity contribution >= 4 is 44.9 Å². The van der Waals surface area contributed by atoms with Gasteiger partial charge in [-0.15, -0.1) is 0 Å². The molecule has 0 spiro atoms. The lowest BCUT2D eigenvalue weighted by Crippen LogP contribution is -2.03. The van der Waals surface area contributed by atoms with Crippen LogP contribution in [0.5, 0.6) is 0 Å². The number of esters is 1. The number of nitrogens with zero attached hydrogens (tertiary/aromatic N) is 2. The normalized spacial score (nSPS) is 10.8. The molecule has 7 nitrogen and oxygen atoms in total. The molecule has 2 aromatic carbocycles. The average molecular weight is 345 g/mol. The topological polar surface area (TPSA) is 99.4 Å². The first-order chi connectivity index (χ1) is 11.4. The van der Waals surface area contributed by atoms with Crippen LogP contribution in [0, 0.1) is 10.1 Å². The SMILES string of the molecule is COC(=O)c1cc2cc([N+](=O)[O-])cnc2c(=O)c2ccc(Cl)cc12. The summed E-state index contributed by atoms with van der Waals surface area (Å²) in [4.78, 5) is 39.1. The number of carbonyl (C=O) groups is 1. The second kappa shape index (κ2) is 5.86. The molecule has 0 radical (unpaired) electrons. The fourth-order valence-electron chi connectivity index (χ4n) is 2.45. The van der Waals surface area contributed by atoms with Crippen LogP contribution in [0.2, 0.25) is 5.02 Å². The van der Waals surface area contributed by atoms with E-state index in [9.17, 15) is 19.7 Å². The van der Waals surface area contributed by atoms with E-state index in [1.807, 2.05) is 0 Å². The largest absolute Gasteiger partial charge is 0.465 e. The molecule has 1 aromatic heterocycles. The highest BCUT2D eigenvalue weighted by Crippen LogP contribution is 2.25. The van der Waals surface area contributed by atoms with E-state index in [0.717, 1.165) is 6.20 Å². The molecule has 0 N–H and O–H groups in total. The van der Waals surface area contributed by atoms with Crippen molar-refractivity contribution in [2.75, 3.05) is 7.11 Å². The zero-order valence-corrected chi connectivity index (χ0v) is 13.0. The Kier molecular flexibility index (Phi) is 3.86. The van der Waals surface area contributed by atoms with Gasteiger partial charge in [0.1, 0.15) is 11.7 Å². The highest BCUT2D eigenvalue weighted by atomic mass is 35.5. The summed E-state index contributed by atoms with van der Waals surface area (Å²) in [5.74, 6) is -0.689. The average Bonchev–Trinajstić information content (AvgIpc) is 2.69. The second-order valence-corrected chi connectivity index (χ2v) is 5.39. The molecule has 24 heavy (non-hydrogen) atoms. The monoisotopic (exact) mass is 344 g/mol. The summed E-state index contributed by atoms with van der Waals surface area (Å²) in [6.45, 7) is 0. The van der Waals surface area contributed by atoms with E-state index in [0.29, 0.717) is 10.4 Å². The minimum absolute atomic E-state index is 0.0167. The molecule has 120 valence electrons. The number of benzene rings is 1. The smallest absolute Gasteiger partial charge is 0.338 e. The van der Waals surface area contributed by atoms with E-state index in [2.05, 4.69) is 4.98 Å². The summed E-state index contributed by atoms with van der Waals surface area (Å²) in [7, 11) is 1.20. The lowest BCUT2D eigenvalue weighted by molar-refractivity contribution is -0.385. The van der Waals surface area contributed by atoms with Crippen LogP contribution < -0.4 is 5.43 Å². The van der Waals surface area contributed by atoms with Gasteiger partial charge in [0.05, 0.1) is 17.6 Å². The Hall–Kier alpha value is -3.06. The van der Waals surface area contributed by atoms with Crippen LogP contribution in [0.25, 0.3) is 21.7 Å². The molecule has 0 aliphatic heterocycles. The summed E-state index contributed by atoms with van der Waals surface area (Å²) in [5, 5.41) is 12.0. The van der Waals surface area contributed by atoms with Crippen LogP contribution >= 0.6 is 11.6 Å². The standard InChI is InChI=1S/C16H9ClN2O5/c1-24-16(21)13-5-8-4-10(19(22)23)7-18-14(8)15(20)11-3-2-9(17)6-12(11)13/h2-7H,1H3. The number of fused-ring (bicyclic) bond motifs is 2. The molecular weight excluding hydrogens is 336 g/mol. The number of pyridine rings is 1. The van der Waals surface area contributed by atoms with Gasteiger partial charge in [-0.2, -0.15) is 0 Å². The van der Waals surface area contributed by atoms with Crippen molar-refractivity contribution in [3.8, 4) is 0 Å². The highest BCUT2D eigenvalue weighted by molar-refractivity contribution is 6.31. The van der Waals surface area contributed by atoms with Crippen molar-refractivity contribution in [1.82, 2.24) is 4.98 Å². The number of hydrogen-bond donors (Lipinski definition) is 0. The molecule has 0 atom stereocenters. The number of halogens is 1.